The molecule has 8 nitrogen and oxygen atoms in total. The van der Waals surface area contributed by atoms with Gasteiger partial charge in [-0.3, -0.25) is 4.79 Å². The van der Waals surface area contributed by atoms with Crippen LogP contribution in [0.25, 0.3) is 0 Å². The molecule has 0 aliphatic rings. The smallest absolute Gasteiger partial charge is 0.253 e. The summed E-state index contributed by atoms with van der Waals surface area (Å²) in [7, 11) is 5.07. The molecule has 0 fully saturated rings. The lowest BCUT2D eigenvalue weighted by atomic mass is 10.1. The second-order valence-electron chi connectivity index (χ2n) is 6.43. The number of hydrogen-bond acceptors (Lipinski definition) is 7. The van der Waals surface area contributed by atoms with E-state index < -0.39 is 0 Å². The molecule has 1 heterocycles. The third-order valence-electron chi connectivity index (χ3n) is 4.09. The number of nitrogens with two attached hydrogens (primary N) is 1. The van der Waals surface area contributed by atoms with E-state index in [4.69, 9.17) is 15.3 Å². The number of benzene rings is 2. The molecule has 9 heteroatoms. The Labute approximate surface area is 173 Å². The quantitative estimate of drug-likeness (QED) is 0.448. The molecule has 0 radical (unpaired) electrons. The number of amides is 1. The van der Waals surface area contributed by atoms with Gasteiger partial charge < -0.3 is 20.2 Å². The number of hydrogen-bond donors (Lipinski definition) is 1. The van der Waals surface area contributed by atoms with Crippen molar-refractivity contribution in [1.82, 2.24) is 19.8 Å². The molecule has 3 rings (SSSR count). The Balaban J connectivity index is 1.61. The number of aromatic nitrogens is 3. The molecule has 3 aromatic rings. The van der Waals surface area contributed by atoms with Crippen molar-refractivity contribution in [2.24, 2.45) is 0 Å². The molecule has 2 N–H and O–H groups in total. The van der Waals surface area contributed by atoms with Crippen LogP contribution in [0, 0.1) is 0 Å². The molecule has 0 aliphatic heterocycles. The summed E-state index contributed by atoms with van der Waals surface area (Å²) < 4.78 is 12.3. The lowest BCUT2D eigenvalue weighted by Crippen LogP contribution is -2.21. The zero-order chi connectivity index (χ0) is 20.8. The second kappa shape index (κ2) is 9.33. The lowest BCUT2D eigenvalue weighted by Gasteiger charge is -2.11. The summed E-state index contributed by atoms with van der Waals surface area (Å²) in [6.07, 6.45) is 0. The van der Waals surface area contributed by atoms with Gasteiger partial charge in [0.25, 0.3) is 5.91 Å². The van der Waals surface area contributed by atoms with Crippen LogP contribution in [-0.4, -0.2) is 46.9 Å². The normalized spacial score (nSPS) is 10.6. The molecule has 0 spiro atoms. The summed E-state index contributed by atoms with van der Waals surface area (Å²) in [6.45, 7) is 0.185. The van der Waals surface area contributed by atoms with Crippen LogP contribution in [0.15, 0.2) is 53.7 Å². The number of nitrogens with zero attached hydrogens (tertiary/aromatic N) is 4. The van der Waals surface area contributed by atoms with Crippen molar-refractivity contribution in [3.8, 4) is 11.5 Å². The Morgan fingerprint density at radius 1 is 1.14 bits per heavy atom. The highest BCUT2D eigenvalue weighted by molar-refractivity contribution is 7.98. The zero-order valence-electron chi connectivity index (χ0n) is 16.5. The Morgan fingerprint density at radius 2 is 1.90 bits per heavy atom. The first-order chi connectivity index (χ1) is 14.0. The first-order valence-electron chi connectivity index (χ1n) is 8.87. The van der Waals surface area contributed by atoms with E-state index in [1.165, 1.54) is 16.4 Å². The van der Waals surface area contributed by atoms with Crippen LogP contribution in [0.1, 0.15) is 21.7 Å². The maximum atomic E-state index is 12.1. The molecule has 0 aliphatic carbocycles. The van der Waals surface area contributed by atoms with Gasteiger partial charge in [0.2, 0.25) is 5.16 Å². The van der Waals surface area contributed by atoms with Gasteiger partial charge in [0.1, 0.15) is 18.1 Å². The van der Waals surface area contributed by atoms with Gasteiger partial charge in [0, 0.05) is 31.5 Å². The van der Waals surface area contributed by atoms with Gasteiger partial charge in [-0.1, -0.05) is 30.0 Å². The zero-order valence-corrected chi connectivity index (χ0v) is 17.3. The number of rotatable bonds is 8. The summed E-state index contributed by atoms with van der Waals surface area (Å²) >= 11 is 1.44. The Kier molecular flexibility index (Phi) is 6.61. The summed E-state index contributed by atoms with van der Waals surface area (Å²) in [5, 5.41) is 8.81. The van der Waals surface area contributed by atoms with Crippen LogP contribution in [0.4, 0.5) is 0 Å². The summed E-state index contributed by atoms with van der Waals surface area (Å²) in [5.74, 6) is 8.56. The number of ether oxygens (including phenoxy) is 2. The van der Waals surface area contributed by atoms with Gasteiger partial charge in [-0.15, -0.1) is 10.2 Å². The van der Waals surface area contributed by atoms with E-state index in [9.17, 15) is 4.79 Å². The van der Waals surface area contributed by atoms with E-state index in [0.29, 0.717) is 33.8 Å². The number of carbonyl (C=O) groups excluding carboxylic acids is 1. The van der Waals surface area contributed by atoms with Gasteiger partial charge in [-0.05, 0) is 29.8 Å². The van der Waals surface area contributed by atoms with E-state index >= 15 is 0 Å². The minimum absolute atomic E-state index is 0.0316. The Bertz CT molecular complexity index is 990. The van der Waals surface area contributed by atoms with Crippen LogP contribution < -0.4 is 15.3 Å². The van der Waals surface area contributed by atoms with Crippen LogP contribution in [-0.2, 0) is 12.4 Å². The van der Waals surface area contributed by atoms with Gasteiger partial charge >= 0.3 is 0 Å². The molecule has 29 heavy (non-hydrogen) atoms. The first-order valence-corrected chi connectivity index (χ1v) is 9.86. The van der Waals surface area contributed by atoms with E-state index in [-0.39, 0.29) is 12.5 Å². The average molecular weight is 414 g/mol. The van der Waals surface area contributed by atoms with E-state index in [0.717, 1.165) is 5.56 Å². The molecule has 0 atom stereocenters. The molecule has 1 aromatic heterocycles. The fourth-order valence-corrected chi connectivity index (χ4v) is 3.36. The molecule has 0 saturated carbocycles. The fraction of sp³-hybridized carbons (Fsp3) is 0.250. The predicted octanol–water partition coefficient (Wildman–Crippen LogP) is 2.57. The third kappa shape index (κ3) is 5.20. The molecular weight excluding hydrogens is 390 g/mol. The SMILES string of the molecule is COc1cccc(OCc2nnc(SCc3cccc(C(=O)N(C)C)c3)n2N)c1. The van der Waals surface area contributed by atoms with E-state index in [2.05, 4.69) is 10.2 Å². The van der Waals surface area contributed by atoms with Gasteiger partial charge in [0.05, 0.1) is 7.11 Å². The molecule has 0 unspecified atom stereocenters. The van der Waals surface area contributed by atoms with Crippen molar-refractivity contribution in [1.29, 1.82) is 0 Å². The molecule has 152 valence electrons. The number of carbonyl (C=O) groups is 1. The van der Waals surface area contributed by atoms with Crippen molar-refractivity contribution in [3.05, 3.63) is 65.5 Å². The molecule has 2 aromatic carbocycles. The number of thioether (sulfide) groups is 1. The monoisotopic (exact) mass is 413 g/mol. The van der Waals surface area contributed by atoms with Crippen LogP contribution in [0.2, 0.25) is 0 Å². The molecule has 0 bridgehead atoms. The third-order valence-corrected chi connectivity index (χ3v) is 5.11. The number of nitrogen functional groups attached to an aromatic ring is 1. The maximum absolute atomic E-state index is 12.1. The topological polar surface area (TPSA) is 95.5 Å². The number of methoxy groups -OCH3 is 1. The molecular formula is C20H23N5O3S. The van der Waals surface area contributed by atoms with Gasteiger partial charge in [0.15, 0.2) is 5.82 Å². The minimum atomic E-state index is -0.0316. The Hall–Kier alpha value is -3.20. The van der Waals surface area contributed by atoms with E-state index in [1.807, 2.05) is 36.4 Å². The van der Waals surface area contributed by atoms with Crippen LogP contribution >= 0.6 is 11.8 Å². The van der Waals surface area contributed by atoms with Gasteiger partial charge in [-0.2, -0.15) is 0 Å². The summed E-state index contributed by atoms with van der Waals surface area (Å²) in [5.41, 5.74) is 1.65. The van der Waals surface area contributed by atoms with Crippen molar-refractivity contribution in [3.63, 3.8) is 0 Å². The van der Waals surface area contributed by atoms with Crippen molar-refractivity contribution in [2.45, 2.75) is 17.5 Å². The van der Waals surface area contributed by atoms with Crippen molar-refractivity contribution in [2.75, 3.05) is 27.0 Å². The van der Waals surface area contributed by atoms with Gasteiger partial charge in [-0.25, -0.2) is 4.68 Å². The first kappa shape index (κ1) is 20.5. The fourth-order valence-electron chi connectivity index (χ4n) is 2.54. The minimum Gasteiger partial charge on any atom is -0.497 e. The average Bonchev–Trinajstić information content (AvgIpc) is 3.09. The maximum Gasteiger partial charge on any atom is 0.253 e. The highest BCUT2D eigenvalue weighted by Crippen LogP contribution is 2.23. The van der Waals surface area contributed by atoms with Crippen molar-refractivity contribution >= 4 is 17.7 Å². The van der Waals surface area contributed by atoms with E-state index in [1.54, 1.807) is 38.2 Å². The lowest BCUT2D eigenvalue weighted by molar-refractivity contribution is 0.0827. The van der Waals surface area contributed by atoms with Crippen LogP contribution in [0.5, 0.6) is 11.5 Å². The summed E-state index contributed by atoms with van der Waals surface area (Å²) in [6, 6.07) is 14.8. The van der Waals surface area contributed by atoms with Crippen molar-refractivity contribution < 1.29 is 14.3 Å². The van der Waals surface area contributed by atoms with Crippen LogP contribution in [0.3, 0.4) is 0 Å². The largest absolute Gasteiger partial charge is 0.497 e. The molecule has 1 amide bonds. The molecule has 0 saturated heterocycles. The highest BCUT2D eigenvalue weighted by Gasteiger charge is 2.13. The highest BCUT2D eigenvalue weighted by atomic mass is 32.2. The standard InChI is InChI=1S/C20H23N5O3S/c1-24(2)19(26)15-7-4-6-14(10-15)13-29-20-23-22-18(25(20)21)12-28-17-9-5-8-16(11-17)27-3/h4-11H,12-13,21H2,1-3H3. The summed E-state index contributed by atoms with van der Waals surface area (Å²) in [4.78, 5) is 13.7. The predicted molar refractivity (Wildman–Crippen MR) is 112 cm³/mol. The Morgan fingerprint density at radius 3 is 2.66 bits per heavy atom. The second-order valence-corrected chi connectivity index (χ2v) is 7.37.